The van der Waals surface area contributed by atoms with Gasteiger partial charge >= 0.3 is 0 Å². The molecule has 1 aromatic rings. The number of benzene rings is 1. The van der Waals surface area contributed by atoms with E-state index in [-0.39, 0.29) is 24.5 Å². The molecule has 4 nitrogen and oxygen atoms in total. The summed E-state index contributed by atoms with van der Waals surface area (Å²) in [6, 6.07) is 7.81. The van der Waals surface area contributed by atoms with Gasteiger partial charge in [0.05, 0.1) is 0 Å². The number of carbonyl (C=O) groups is 1. The van der Waals surface area contributed by atoms with Crippen molar-refractivity contribution in [3.05, 3.63) is 29.8 Å². The van der Waals surface area contributed by atoms with Gasteiger partial charge in [-0.3, -0.25) is 4.79 Å². The van der Waals surface area contributed by atoms with Crippen molar-refractivity contribution >= 4 is 5.91 Å². The molecule has 1 fully saturated rings. The number of para-hydroxylation sites is 1. The van der Waals surface area contributed by atoms with E-state index in [2.05, 4.69) is 5.32 Å². The fourth-order valence-electron chi connectivity index (χ4n) is 2.73. The molecule has 0 saturated heterocycles. The van der Waals surface area contributed by atoms with Crippen molar-refractivity contribution in [2.24, 2.45) is 5.92 Å². The van der Waals surface area contributed by atoms with Crippen LogP contribution in [0.1, 0.15) is 30.7 Å². The highest BCUT2D eigenvalue weighted by molar-refractivity contribution is 5.85. The van der Waals surface area contributed by atoms with E-state index in [1.54, 1.807) is 0 Å². The van der Waals surface area contributed by atoms with Crippen LogP contribution in [0.3, 0.4) is 0 Å². The van der Waals surface area contributed by atoms with Gasteiger partial charge in [-0.2, -0.15) is 0 Å². The van der Waals surface area contributed by atoms with E-state index in [1.807, 2.05) is 24.3 Å². The number of ether oxygens (including phenoxy) is 1. The van der Waals surface area contributed by atoms with Gasteiger partial charge in [-0.05, 0) is 31.2 Å². The van der Waals surface area contributed by atoms with Crippen molar-refractivity contribution in [1.82, 2.24) is 5.32 Å². The molecule has 1 saturated carbocycles. The normalized spacial score (nSPS) is 22.5. The average Bonchev–Trinajstić information content (AvgIpc) is 3.17. The lowest BCUT2D eigenvalue weighted by atomic mass is 9.99. The van der Waals surface area contributed by atoms with Crippen molar-refractivity contribution in [2.75, 3.05) is 13.2 Å². The predicted octanol–water partition coefficient (Wildman–Crippen LogP) is 1.44. The highest BCUT2D eigenvalue weighted by Crippen LogP contribution is 2.36. The summed E-state index contributed by atoms with van der Waals surface area (Å²) in [6.45, 7) is 0.543. The maximum atomic E-state index is 12.4. The molecule has 1 amide bonds. The topological polar surface area (TPSA) is 58.6 Å². The highest BCUT2D eigenvalue weighted by Gasteiger charge is 2.35. The smallest absolute Gasteiger partial charge is 0.231 e. The van der Waals surface area contributed by atoms with E-state index in [9.17, 15) is 4.79 Å². The average molecular weight is 261 g/mol. The van der Waals surface area contributed by atoms with E-state index >= 15 is 0 Å². The van der Waals surface area contributed by atoms with Crippen molar-refractivity contribution < 1.29 is 14.6 Å². The van der Waals surface area contributed by atoms with Crippen molar-refractivity contribution in [2.45, 2.75) is 31.2 Å². The molecule has 1 aromatic carbocycles. The zero-order valence-corrected chi connectivity index (χ0v) is 10.8. The number of hydrogen-bond donors (Lipinski definition) is 2. The molecule has 0 bridgehead atoms. The fraction of sp³-hybridized carbons (Fsp3) is 0.533. The van der Waals surface area contributed by atoms with E-state index in [1.165, 1.54) is 0 Å². The minimum absolute atomic E-state index is 0.0234. The molecule has 2 unspecified atom stereocenters. The maximum Gasteiger partial charge on any atom is 0.231 e. The van der Waals surface area contributed by atoms with Crippen LogP contribution in [0.15, 0.2) is 24.3 Å². The molecule has 102 valence electrons. The van der Waals surface area contributed by atoms with E-state index in [0.29, 0.717) is 18.9 Å². The third-order valence-electron chi connectivity index (χ3n) is 3.98. The van der Waals surface area contributed by atoms with Crippen LogP contribution in [0.4, 0.5) is 0 Å². The Labute approximate surface area is 112 Å². The molecular weight excluding hydrogens is 242 g/mol. The summed E-state index contributed by atoms with van der Waals surface area (Å²) >= 11 is 0. The minimum Gasteiger partial charge on any atom is -0.492 e. The lowest BCUT2D eigenvalue weighted by Crippen LogP contribution is -2.40. The van der Waals surface area contributed by atoms with Crippen LogP contribution in [0.5, 0.6) is 5.75 Å². The highest BCUT2D eigenvalue weighted by atomic mass is 16.5. The first-order chi connectivity index (χ1) is 9.29. The second-order valence-corrected chi connectivity index (χ2v) is 5.37. The summed E-state index contributed by atoms with van der Waals surface area (Å²) in [7, 11) is 0. The van der Waals surface area contributed by atoms with E-state index in [0.717, 1.165) is 24.2 Å². The van der Waals surface area contributed by atoms with Crippen molar-refractivity contribution in [3.8, 4) is 5.75 Å². The van der Waals surface area contributed by atoms with Gasteiger partial charge in [0.15, 0.2) is 0 Å². The van der Waals surface area contributed by atoms with Crippen LogP contribution in [0, 0.1) is 5.92 Å². The Kier molecular flexibility index (Phi) is 3.42. The van der Waals surface area contributed by atoms with Gasteiger partial charge in [-0.25, -0.2) is 0 Å². The molecule has 0 aromatic heterocycles. The number of amides is 1. The summed E-state index contributed by atoms with van der Waals surface area (Å²) in [5, 5.41) is 12.2. The predicted molar refractivity (Wildman–Crippen MR) is 71.0 cm³/mol. The summed E-state index contributed by atoms with van der Waals surface area (Å²) in [5.74, 6) is 1.17. The third kappa shape index (κ3) is 2.59. The molecule has 2 atom stereocenters. The first kappa shape index (κ1) is 12.5. The number of carbonyl (C=O) groups excluding carboxylic acids is 1. The van der Waals surface area contributed by atoms with Crippen molar-refractivity contribution in [3.63, 3.8) is 0 Å². The molecule has 1 aliphatic carbocycles. The quantitative estimate of drug-likeness (QED) is 0.843. The molecule has 0 radical (unpaired) electrons. The Morgan fingerprint density at radius 1 is 1.42 bits per heavy atom. The van der Waals surface area contributed by atoms with Crippen LogP contribution in [0.2, 0.25) is 0 Å². The van der Waals surface area contributed by atoms with Gasteiger partial charge in [0.2, 0.25) is 5.91 Å². The SMILES string of the molecule is O=C(NC(CCO)C1CC1)C1COc2ccccc21. The van der Waals surface area contributed by atoms with Crippen molar-refractivity contribution in [1.29, 1.82) is 0 Å². The van der Waals surface area contributed by atoms with Crippen LogP contribution < -0.4 is 10.1 Å². The van der Waals surface area contributed by atoms with Crippen LogP contribution in [-0.2, 0) is 4.79 Å². The van der Waals surface area contributed by atoms with E-state index in [4.69, 9.17) is 9.84 Å². The number of aliphatic hydroxyl groups is 1. The molecule has 19 heavy (non-hydrogen) atoms. The zero-order valence-electron chi connectivity index (χ0n) is 10.8. The standard InChI is InChI=1S/C15H19NO3/c17-8-7-13(10-5-6-10)16-15(18)12-9-19-14-4-2-1-3-11(12)14/h1-4,10,12-13,17H,5-9H2,(H,16,18). The first-order valence-electron chi connectivity index (χ1n) is 6.92. The van der Waals surface area contributed by atoms with Gasteiger partial charge < -0.3 is 15.2 Å². The number of nitrogens with one attached hydrogen (secondary N) is 1. The molecule has 0 spiro atoms. The Hall–Kier alpha value is -1.55. The Bertz CT molecular complexity index is 470. The second-order valence-electron chi connectivity index (χ2n) is 5.37. The summed E-state index contributed by atoms with van der Waals surface area (Å²) in [5.41, 5.74) is 0.971. The van der Waals surface area contributed by atoms with E-state index < -0.39 is 0 Å². The van der Waals surface area contributed by atoms with Gasteiger partial charge in [-0.1, -0.05) is 18.2 Å². The maximum absolute atomic E-state index is 12.4. The molecule has 2 aliphatic rings. The van der Waals surface area contributed by atoms with Gasteiger partial charge in [0.25, 0.3) is 0 Å². The minimum atomic E-state index is -0.212. The van der Waals surface area contributed by atoms with Crippen LogP contribution in [-0.4, -0.2) is 30.3 Å². The lowest BCUT2D eigenvalue weighted by Gasteiger charge is -2.19. The Balaban J connectivity index is 1.67. The molecule has 3 rings (SSSR count). The Morgan fingerprint density at radius 2 is 2.21 bits per heavy atom. The number of hydrogen-bond acceptors (Lipinski definition) is 3. The van der Waals surface area contributed by atoms with Crippen LogP contribution in [0.25, 0.3) is 0 Å². The number of rotatable bonds is 5. The molecular formula is C15H19NO3. The lowest BCUT2D eigenvalue weighted by molar-refractivity contribution is -0.123. The molecule has 2 N–H and O–H groups in total. The van der Waals surface area contributed by atoms with Gasteiger partial charge in [0, 0.05) is 18.2 Å². The molecule has 1 heterocycles. The van der Waals surface area contributed by atoms with Crippen LogP contribution >= 0.6 is 0 Å². The number of aliphatic hydroxyl groups excluding tert-OH is 1. The summed E-state index contributed by atoms with van der Waals surface area (Å²) in [4.78, 5) is 12.4. The van der Waals surface area contributed by atoms with Gasteiger partial charge in [-0.15, -0.1) is 0 Å². The van der Waals surface area contributed by atoms with Gasteiger partial charge in [0.1, 0.15) is 18.3 Å². The largest absolute Gasteiger partial charge is 0.492 e. The first-order valence-corrected chi connectivity index (χ1v) is 6.92. The summed E-state index contributed by atoms with van der Waals surface area (Å²) in [6.07, 6.45) is 2.96. The molecule has 4 heteroatoms. The zero-order chi connectivity index (χ0) is 13.2. The Morgan fingerprint density at radius 3 is 2.95 bits per heavy atom. The second kappa shape index (κ2) is 5.21. The summed E-state index contributed by atoms with van der Waals surface area (Å²) < 4.78 is 5.54. The molecule has 1 aliphatic heterocycles. The monoisotopic (exact) mass is 261 g/mol. The number of fused-ring (bicyclic) bond motifs is 1. The third-order valence-corrected chi connectivity index (χ3v) is 3.98. The fourth-order valence-corrected chi connectivity index (χ4v) is 2.73.